The Bertz CT molecular complexity index is 3040. The molecule has 0 bridgehead atoms. The van der Waals surface area contributed by atoms with E-state index in [0.717, 1.165) is 82.6 Å². The summed E-state index contributed by atoms with van der Waals surface area (Å²) in [6.45, 7) is 0. The van der Waals surface area contributed by atoms with Gasteiger partial charge in [-0.15, -0.1) is 11.3 Å². The molecule has 0 N–H and O–H groups in total. The van der Waals surface area contributed by atoms with Crippen molar-refractivity contribution >= 4 is 86.4 Å². The van der Waals surface area contributed by atoms with Gasteiger partial charge in [-0.25, -0.2) is 4.98 Å². The molecule has 0 saturated heterocycles. The molecule has 0 aliphatic rings. The zero-order valence-electron chi connectivity index (χ0n) is 26.1. The second kappa shape index (κ2) is 10.1. The molecular weight excluding hydrogens is 619 g/mol. The van der Waals surface area contributed by atoms with Gasteiger partial charge in [0.2, 0.25) is 0 Å². The van der Waals surface area contributed by atoms with Crippen molar-refractivity contribution in [3.63, 3.8) is 0 Å². The number of nitrogens with zero attached hydrogens (tertiary/aromatic N) is 1. The number of rotatable bonds is 3. The molecule has 0 atom stereocenters. The van der Waals surface area contributed by atoms with Crippen LogP contribution in [0.15, 0.2) is 160 Å². The van der Waals surface area contributed by atoms with E-state index in [2.05, 4.69) is 127 Å². The fourth-order valence-corrected chi connectivity index (χ4v) is 8.85. The highest BCUT2D eigenvalue weighted by atomic mass is 32.1. The van der Waals surface area contributed by atoms with Crippen molar-refractivity contribution in [2.45, 2.75) is 0 Å². The minimum atomic E-state index is 0.842. The molecule has 3 nitrogen and oxygen atoms in total. The van der Waals surface area contributed by atoms with Crippen LogP contribution >= 0.6 is 11.3 Å². The van der Waals surface area contributed by atoms with Crippen molar-refractivity contribution in [2.75, 3.05) is 0 Å². The number of pyridine rings is 1. The van der Waals surface area contributed by atoms with Gasteiger partial charge in [-0.2, -0.15) is 0 Å². The molecular formula is C45H25NO2S. The fourth-order valence-electron chi connectivity index (χ4n) is 7.63. The zero-order chi connectivity index (χ0) is 32.1. The average Bonchev–Trinajstić information content (AvgIpc) is 3.84. The Morgan fingerprint density at radius 2 is 0.939 bits per heavy atom. The number of para-hydroxylation sites is 3. The van der Waals surface area contributed by atoms with E-state index in [-0.39, 0.29) is 0 Å². The van der Waals surface area contributed by atoms with Crippen molar-refractivity contribution < 1.29 is 8.83 Å². The summed E-state index contributed by atoms with van der Waals surface area (Å²) in [5.41, 5.74) is 12.2. The Kier molecular flexibility index (Phi) is 5.54. The van der Waals surface area contributed by atoms with Crippen LogP contribution in [0.4, 0.5) is 0 Å². The van der Waals surface area contributed by atoms with Crippen LogP contribution < -0.4 is 0 Å². The molecule has 0 aliphatic heterocycles. The van der Waals surface area contributed by atoms with Crippen molar-refractivity contribution in [3.8, 4) is 33.4 Å². The Hall–Kier alpha value is -6.23. The van der Waals surface area contributed by atoms with Crippen LogP contribution in [0.5, 0.6) is 0 Å². The lowest BCUT2D eigenvalue weighted by Crippen LogP contribution is -1.88. The van der Waals surface area contributed by atoms with Crippen molar-refractivity contribution in [2.24, 2.45) is 0 Å². The van der Waals surface area contributed by atoms with Crippen LogP contribution in [0.3, 0.4) is 0 Å². The molecule has 0 radical (unpaired) electrons. The van der Waals surface area contributed by atoms with Crippen molar-refractivity contribution in [3.05, 3.63) is 152 Å². The van der Waals surface area contributed by atoms with E-state index in [0.29, 0.717) is 0 Å². The Balaban J connectivity index is 1.14. The number of hydrogen-bond acceptors (Lipinski definition) is 4. The second-order valence-corrected chi connectivity index (χ2v) is 13.7. The van der Waals surface area contributed by atoms with E-state index in [9.17, 15) is 0 Å². The van der Waals surface area contributed by atoms with Gasteiger partial charge in [0.25, 0.3) is 0 Å². The molecule has 49 heavy (non-hydrogen) atoms. The third-order valence-electron chi connectivity index (χ3n) is 9.85. The maximum atomic E-state index is 6.61. The fraction of sp³-hybridized carbons (Fsp3) is 0. The number of aromatic nitrogens is 1. The standard InChI is InChI=1S/C45H25NO2S/c1-5-19-36-32(17-1)40(45-42(46-36)33-18-4-8-22-39(33)49-45)28-13-9-11-26(23-28)27-12-10-14-29(24-27)41-43-34(30-15-2-6-20-37(30)47-43)25-35-31-16-3-7-21-38(31)48-44(35)41/h1-25H. The van der Waals surface area contributed by atoms with Gasteiger partial charge in [0.15, 0.2) is 0 Å². The molecule has 0 saturated carbocycles. The normalized spacial score (nSPS) is 12.1. The van der Waals surface area contributed by atoms with Crippen molar-refractivity contribution in [1.29, 1.82) is 0 Å². The lowest BCUT2D eigenvalue weighted by molar-refractivity contribution is 0.658. The highest BCUT2D eigenvalue weighted by Crippen LogP contribution is 2.46. The van der Waals surface area contributed by atoms with Gasteiger partial charge in [0.05, 0.1) is 21.3 Å². The van der Waals surface area contributed by atoms with Gasteiger partial charge in [-0.3, -0.25) is 0 Å². The minimum Gasteiger partial charge on any atom is -0.455 e. The number of benzene rings is 7. The van der Waals surface area contributed by atoms with Gasteiger partial charge < -0.3 is 8.83 Å². The lowest BCUT2D eigenvalue weighted by Gasteiger charge is -2.12. The first kappa shape index (κ1) is 26.8. The molecule has 0 aliphatic carbocycles. The van der Waals surface area contributed by atoms with Gasteiger partial charge in [0.1, 0.15) is 22.3 Å². The van der Waals surface area contributed by atoms with E-state index in [4.69, 9.17) is 13.8 Å². The molecule has 0 unspecified atom stereocenters. The van der Waals surface area contributed by atoms with Gasteiger partial charge in [-0.05, 0) is 64.7 Å². The topological polar surface area (TPSA) is 39.2 Å². The van der Waals surface area contributed by atoms with Crippen LogP contribution in [0.1, 0.15) is 0 Å². The molecule has 0 amide bonds. The summed E-state index contributed by atoms with van der Waals surface area (Å²) in [5, 5.41) is 6.76. The van der Waals surface area contributed by atoms with E-state index in [1.165, 1.54) is 25.9 Å². The van der Waals surface area contributed by atoms with Crippen LogP contribution in [0.25, 0.3) is 108 Å². The van der Waals surface area contributed by atoms with Crippen LogP contribution in [-0.4, -0.2) is 4.98 Å². The molecule has 11 rings (SSSR count). The Morgan fingerprint density at radius 1 is 0.408 bits per heavy atom. The summed E-state index contributed by atoms with van der Waals surface area (Å²) in [6, 6.07) is 53.5. The first-order valence-electron chi connectivity index (χ1n) is 16.5. The number of hydrogen-bond donors (Lipinski definition) is 0. The van der Waals surface area contributed by atoms with Crippen LogP contribution in [0, 0.1) is 0 Å². The average molecular weight is 644 g/mol. The predicted molar refractivity (Wildman–Crippen MR) is 205 cm³/mol. The van der Waals surface area contributed by atoms with Gasteiger partial charge >= 0.3 is 0 Å². The molecule has 7 aromatic carbocycles. The summed E-state index contributed by atoms with van der Waals surface area (Å²) in [5.74, 6) is 0. The van der Waals surface area contributed by atoms with E-state index < -0.39 is 0 Å². The molecule has 4 heteroatoms. The summed E-state index contributed by atoms with van der Waals surface area (Å²) in [6.07, 6.45) is 0. The van der Waals surface area contributed by atoms with Gasteiger partial charge in [0, 0.05) is 42.6 Å². The first-order chi connectivity index (χ1) is 24.3. The number of furan rings is 2. The summed E-state index contributed by atoms with van der Waals surface area (Å²) in [4.78, 5) is 5.15. The third kappa shape index (κ3) is 3.92. The smallest absolute Gasteiger partial charge is 0.147 e. The van der Waals surface area contributed by atoms with Crippen LogP contribution in [-0.2, 0) is 0 Å². The molecule has 11 aromatic rings. The maximum Gasteiger partial charge on any atom is 0.147 e. The maximum absolute atomic E-state index is 6.61. The zero-order valence-corrected chi connectivity index (χ0v) is 26.9. The summed E-state index contributed by atoms with van der Waals surface area (Å²) < 4.78 is 15.7. The SMILES string of the molecule is c1cc(-c2cccc(-c3c4ccccc4nc4c3sc3ccccc34)c2)cc(-c2c3oc4ccccc4c3cc3c2oc2ccccc23)c1. The van der Waals surface area contributed by atoms with E-state index in [1.807, 2.05) is 35.6 Å². The highest BCUT2D eigenvalue weighted by Gasteiger charge is 2.22. The molecule has 0 fully saturated rings. The largest absolute Gasteiger partial charge is 0.455 e. The summed E-state index contributed by atoms with van der Waals surface area (Å²) >= 11 is 1.82. The Morgan fingerprint density at radius 3 is 1.61 bits per heavy atom. The highest BCUT2D eigenvalue weighted by molar-refractivity contribution is 7.26. The van der Waals surface area contributed by atoms with Crippen molar-refractivity contribution in [1.82, 2.24) is 4.98 Å². The quantitative estimate of drug-likeness (QED) is 0.192. The first-order valence-corrected chi connectivity index (χ1v) is 17.3. The second-order valence-electron chi connectivity index (χ2n) is 12.6. The predicted octanol–water partition coefficient (Wildman–Crippen LogP) is 13.4. The minimum absolute atomic E-state index is 0.842. The molecule has 4 aromatic heterocycles. The van der Waals surface area contributed by atoms with Gasteiger partial charge in [-0.1, -0.05) is 109 Å². The molecule has 0 spiro atoms. The number of thiophene rings is 1. The Labute approximate surface area is 284 Å². The molecule has 4 heterocycles. The number of fused-ring (bicyclic) bond motifs is 10. The lowest BCUT2D eigenvalue weighted by atomic mass is 9.93. The molecule has 228 valence electrons. The third-order valence-corrected chi connectivity index (χ3v) is 11.0. The van der Waals surface area contributed by atoms with E-state index >= 15 is 0 Å². The monoisotopic (exact) mass is 643 g/mol. The summed E-state index contributed by atoms with van der Waals surface area (Å²) in [7, 11) is 0. The van der Waals surface area contributed by atoms with Crippen LogP contribution in [0.2, 0.25) is 0 Å². The van der Waals surface area contributed by atoms with E-state index in [1.54, 1.807) is 0 Å².